The lowest BCUT2D eigenvalue weighted by molar-refractivity contribution is -0.140. The number of carbonyl (C=O) groups is 2. The van der Waals surface area contributed by atoms with Crippen molar-refractivity contribution < 1.29 is 19.8 Å². The highest BCUT2D eigenvalue weighted by Crippen LogP contribution is 2.14. The van der Waals surface area contributed by atoms with E-state index in [2.05, 4.69) is 0 Å². The summed E-state index contributed by atoms with van der Waals surface area (Å²) in [4.78, 5) is 21.1. The second kappa shape index (κ2) is 6.18. The zero-order valence-electron chi connectivity index (χ0n) is 8.49. The van der Waals surface area contributed by atoms with E-state index in [-0.39, 0.29) is 5.92 Å². The minimum absolute atomic E-state index is 0.0437. The Morgan fingerprint density at radius 1 is 1.21 bits per heavy atom. The fourth-order valence-corrected chi connectivity index (χ4v) is 1.25. The predicted molar refractivity (Wildman–Crippen MR) is 52.0 cm³/mol. The van der Waals surface area contributed by atoms with E-state index in [1.165, 1.54) is 6.08 Å². The van der Waals surface area contributed by atoms with Crippen molar-refractivity contribution >= 4 is 11.9 Å². The molecule has 0 heterocycles. The Bertz CT molecular complexity index is 227. The van der Waals surface area contributed by atoms with Crippen molar-refractivity contribution in [2.24, 2.45) is 5.92 Å². The average molecular weight is 200 g/mol. The van der Waals surface area contributed by atoms with Crippen LogP contribution in [-0.4, -0.2) is 22.2 Å². The molecule has 0 aliphatic rings. The Morgan fingerprint density at radius 3 is 2.00 bits per heavy atom. The molecule has 80 valence electrons. The molecule has 1 atom stereocenters. The molecular weight excluding hydrogens is 184 g/mol. The van der Waals surface area contributed by atoms with Crippen LogP contribution in [0.2, 0.25) is 0 Å². The van der Waals surface area contributed by atoms with Gasteiger partial charge < -0.3 is 10.2 Å². The van der Waals surface area contributed by atoms with Crippen LogP contribution in [0.4, 0.5) is 0 Å². The molecule has 0 amide bonds. The lowest BCUT2D eigenvalue weighted by Gasteiger charge is -2.08. The van der Waals surface area contributed by atoms with Gasteiger partial charge in [-0.15, -0.1) is 0 Å². The lowest BCUT2D eigenvalue weighted by Crippen LogP contribution is -2.13. The maximum absolute atomic E-state index is 10.5. The molecule has 0 rings (SSSR count). The average Bonchev–Trinajstić information content (AvgIpc) is 2.10. The SMILES string of the molecule is CCCC(C=C(C(=O)O)C(=O)O)CC. The van der Waals surface area contributed by atoms with Crippen molar-refractivity contribution in [3.63, 3.8) is 0 Å². The Balaban J connectivity index is 4.68. The molecule has 0 saturated heterocycles. The highest BCUT2D eigenvalue weighted by atomic mass is 16.4. The van der Waals surface area contributed by atoms with E-state index >= 15 is 0 Å². The van der Waals surface area contributed by atoms with Crippen molar-refractivity contribution in [1.82, 2.24) is 0 Å². The predicted octanol–water partition coefficient (Wildman–Crippen LogP) is 1.91. The van der Waals surface area contributed by atoms with Crippen LogP contribution in [0.1, 0.15) is 33.1 Å². The minimum Gasteiger partial charge on any atom is -0.477 e. The van der Waals surface area contributed by atoms with E-state index in [0.29, 0.717) is 0 Å². The number of allylic oxidation sites excluding steroid dienone is 1. The van der Waals surface area contributed by atoms with Crippen molar-refractivity contribution in [2.75, 3.05) is 0 Å². The quantitative estimate of drug-likeness (QED) is 0.390. The van der Waals surface area contributed by atoms with Crippen LogP contribution in [0, 0.1) is 5.92 Å². The van der Waals surface area contributed by atoms with Gasteiger partial charge in [0.05, 0.1) is 0 Å². The first-order valence-corrected chi connectivity index (χ1v) is 4.71. The molecule has 0 aliphatic heterocycles. The van der Waals surface area contributed by atoms with Crippen molar-refractivity contribution in [3.8, 4) is 0 Å². The molecule has 0 aromatic carbocycles. The van der Waals surface area contributed by atoms with E-state index < -0.39 is 17.5 Å². The van der Waals surface area contributed by atoms with Crippen LogP contribution in [0.25, 0.3) is 0 Å². The van der Waals surface area contributed by atoms with Gasteiger partial charge in [-0.3, -0.25) is 0 Å². The topological polar surface area (TPSA) is 74.6 Å². The molecular formula is C10H16O4. The Morgan fingerprint density at radius 2 is 1.71 bits per heavy atom. The van der Waals surface area contributed by atoms with Gasteiger partial charge in [-0.05, 0) is 18.8 Å². The second-order valence-electron chi connectivity index (χ2n) is 3.15. The summed E-state index contributed by atoms with van der Waals surface area (Å²) in [7, 11) is 0. The second-order valence-corrected chi connectivity index (χ2v) is 3.15. The van der Waals surface area contributed by atoms with Crippen LogP contribution in [-0.2, 0) is 9.59 Å². The number of hydrogen-bond donors (Lipinski definition) is 2. The monoisotopic (exact) mass is 200 g/mol. The summed E-state index contributed by atoms with van der Waals surface area (Å²) in [5, 5.41) is 17.2. The highest BCUT2D eigenvalue weighted by molar-refractivity contribution is 6.12. The number of aliphatic carboxylic acids is 2. The maximum atomic E-state index is 10.5. The van der Waals surface area contributed by atoms with Crippen LogP contribution >= 0.6 is 0 Å². The summed E-state index contributed by atoms with van der Waals surface area (Å²) < 4.78 is 0. The third kappa shape index (κ3) is 4.07. The summed E-state index contributed by atoms with van der Waals surface area (Å²) in [5.74, 6) is -2.69. The molecule has 0 spiro atoms. The Hall–Kier alpha value is -1.32. The molecule has 4 heteroatoms. The largest absolute Gasteiger partial charge is 0.477 e. The fraction of sp³-hybridized carbons (Fsp3) is 0.600. The van der Waals surface area contributed by atoms with Crippen LogP contribution in [0.3, 0.4) is 0 Å². The van der Waals surface area contributed by atoms with Crippen molar-refractivity contribution in [3.05, 3.63) is 11.6 Å². The minimum atomic E-state index is -1.37. The first-order valence-electron chi connectivity index (χ1n) is 4.71. The molecule has 0 radical (unpaired) electrons. The fourth-order valence-electron chi connectivity index (χ4n) is 1.25. The van der Waals surface area contributed by atoms with Gasteiger partial charge in [0.1, 0.15) is 5.57 Å². The Kier molecular flexibility index (Phi) is 5.60. The standard InChI is InChI=1S/C10H16O4/c1-3-5-7(4-2)6-8(9(11)12)10(13)14/h6-7H,3-5H2,1-2H3,(H,11,12)(H,13,14). The molecule has 2 N–H and O–H groups in total. The number of carboxylic acids is 2. The molecule has 0 fully saturated rings. The summed E-state index contributed by atoms with van der Waals surface area (Å²) in [6, 6.07) is 0. The molecule has 14 heavy (non-hydrogen) atoms. The summed E-state index contributed by atoms with van der Waals surface area (Å²) in [5.41, 5.74) is -0.523. The van der Waals surface area contributed by atoms with E-state index in [0.717, 1.165) is 19.3 Å². The number of carboxylic acid groups (broad SMARTS) is 2. The van der Waals surface area contributed by atoms with Gasteiger partial charge in [-0.25, -0.2) is 9.59 Å². The van der Waals surface area contributed by atoms with E-state index in [1.54, 1.807) is 0 Å². The lowest BCUT2D eigenvalue weighted by atomic mass is 9.98. The first-order chi connectivity index (χ1) is 6.52. The van der Waals surface area contributed by atoms with E-state index in [9.17, 15) is 9.59 Å². The summed E-state index contributed by atoms with van der Waals surface area (Å²) in [6.45, 7) is 3.90. The molecule has 0 aliphatic carbocycles. The molecule has 0 aromatic rings. The van der Waals surface area contributed by atoms with E-state index in [4.69, 9.17) is 10.2 Å². The zero-order chi connectivity index (χ0) is 11.1. The van der Waals surface area contributed by atoms with Gasteiger partial charge in [0.2, 0.25) is 0 Å². The summed E-state index contributed by atoms with van der Waals surface area (Å²) in [6.07, 6.45) is 3.84. The Labute approximate surface area is 83.2 Å². The molecule has 0 aromatic heterocycles. The zero-order valence-corrected chi connectivity index (χ0v) is 8.49. The third-order valence-electron chi connectivity index (χ3n) is 2.05. The summed E-state index contributed by atoms with van der Waals surface area (Å²) >= 11 is 0. The van der Waals surface area contributed by atoms with Crippen LogP contribution < -0.4 is 0 Å². The normalized spacial score (nSPS) is 11.9. The molecule has 0 bridgehead atoms. The van der Waals surface area contributed by atoms with Gasteiger partial charge in [0, 0.05) is 0 Å². The van der Waals surface area contributed by atoms with Crippen molar-refractivity contribution in [1.29, 1.82) is 0 Å². The van der Waals surface area contributed by atoms with Gasteiger partial charge in [0.25, 0.3) is 0 Å². The molecule has 4 nitrogen and oxygen atoms in total. The highest BCUT2D eigenvalue weighted by Gasteiger charge is 2.17. The number of hydrogen-bond acceptors (Lipinski definition) is 2. The molecule has 1 unspecified atom stereocenters. The van der Waals surface area contributed by atoms with Gasteiger partial charge >= 0.3 is 11.9 Å². The number of rotatable bonds is 6. The smallest absolute Gasteiger partial charge is 0.342 e. The maximum Gasteiger partial charge on any atom is 0.342 e. The third-order valence-corrected chi connectivity index (χ3v) is 2.05. The van der Waals surface area contributed by atoms with E-state index in [1.807, 2.05) is 13.8 Å². The van der Waals surface area contributed by atoms with Gasteiger partial charge in [-0.1, -0.05) is 26.3 Å². The van der Waals surface area contributed by atoms with Crippen LogP contribution in [0.5, 0.6) is 0 Å². The molecule has 0 saturated carbocycles. The van der Waals surface area contributed by atoms with Crippen molar-refractivity contribution in [2.45, 2.75) is 33.1 Å². The van der Waals surface area contributed by atoms with Gasteiger partial charge in [-0.2, -0.15) is 0 Å². The first kappa shape index (κ1) is 12.7. The van der Waals surface area contributed by atoms with Gasteiger partial charge in [0.15, 0.2) is 0 Å². The van der Waals surface area contributed by atoms with Crippen LogP contribution in [0.15, 0.2) is 11.6 Å².